The summed E-state index contributed by atoms with van der Waals surface area (Å²) in [6.45, 7) is 0. The molecule has 23 heavy (non-hydrogen) atoms. The van der Waals surface area contributed by atoms with E-state index in [4.69, 9.17) is 23.2 Å². The molecule has 0 saturated carbocycles. The lowest BCUT2D eigenvalue weighted by Gasteiger charge is -2.06. The van der Waals surface area contributed by atoms with Gasteiger partial charge in [0.05, 0.1) is 10.0 Å². The van der Waals surface area contributed by atoms with Crippen molar-refractivity contribution in [2.24, 2.45) is 0 Å². The van der Waals surface area contributed by atoms with Crippen LogP contribution >= 0.6 is 23.2 Å². The number of hydrogen-bond acceptors (Lipinski definition) is 3. The number of amides is 1. The molecule has 0 aliphatic carbocycles. The molecule has 2 heterocycles. The molecule has 0 radical (unpaired) electrons. The molecule has 0 aliphatic heterocycles. The number of halogens is 2. The van der Waals surface area contributed by atoms with E-state index in [2.05, 4.69) is 15.5 Å². The molecule has 3 aromatic rings. The molecule has 1 aromatic carbocycles. The molecule has 0 atom stereocenters. The lowest BCUT2D eigenvalue weighted by atomic mass is 10.2. The number of fused-ring (bicyclic) bond motifs is 1. The van der Waals surface area contributed by atoms with Crippen molar-refractivity contribution in [3.8, 4) is 0 Å². The molecule has 1 amide bonds. The maximum Gasteiger partial charge on any atom is 0.224 e. The third-order valence-electron chi connectivity index (χ3n) is 3.39. The molecule has 2 aromatic heterocycles. The number of carbonyl (C=O) groups is 1. The first kappa shape index (κ1) is 15.8. The fourth-order valence-electron chi connectivity index (χ4n) is 2.27. The predicted molar refractivity (Wildman–Crippen MR) is 91.0 cm³/mol. The average molecular weight is 349 g/mol. The van der Waals surface area contributed by atoms with Gasteiger partial charge in [-0.2, -0.15) is 0 Å². The molecule has 0 spiro atoms. The maximum absolute atomic E-state index is 12.0. The number of anilines is 1. The summed E-state index contributed by atoms with van der Waals surface area (Å²) in [6, 6.07) is 10.7. The number of nitrogens with one attached hydrogen (secondary N) is 1. The summed E-state index contributed by atoms with van der Waals surface area (Å²) in [6.07, 6.45) is 3.67. The van der Waals surface area contributed by atoms with Crippen molar-refractivity contribution in [2.75, 3.05) is 5.32 Å². The highest BCUT2D eigenvalue weighted by Gasteiger charge is 2.08. The van der Waals surface area contributed by atoms with E-state index in [0.29, 0.717) is 35.0 Å². The van der Waals surface area contributed by atoms with E-state index in [0.717, 1.165) is 11.5 Å². The number of pyridine rings is 1. The van der Waals surface area contributed by atoms with E-state index < -0.39 is 0 Å². The highest BCUT2D eigenvalue weighted by molar-refractivity contribution is 6.42. The van der Waals surface area contributed by atoms with Crippen LogP contribution in [0, 0.1) is 0 Å². The van der Waals surface area contributed by atoms with Crippen LogP contribution in [-0.2, 0) is 11.2 Å². The summed E-state index contributed by atoms with van der Waals surface area (Å²) in [4.78, 5) is 12.0. The molecule has 3 rings (SSSR count). The molecular formula is C16H14Cl2N4O. The van der Waals surface area contributed by atoms with Gasteiger partial charge in [-0.1, -0.05) is 29.3 Å². The first-order chi connectivity index (χ1) is 11.1. The highest BCUT2D eigenvalue weighted by atomic mass is 35.5. The lowest BCUT2D eigenvalue weighted by Crippen LogP contribution is -2.11. The minimum absolute atomic E-state index is 0.0720. The molecule has 0 unspecified atom stereocenters. The Morgan fingerprint density at radius 3 is 2.83 bits per heavy atom. The quantitative estimate of drug-likeness (QED) is 0.758. The average Bonchev–Trinajstić information content (AvgIpc) is 2.94. The van der Waals surface area contributed by atoms with E-state index in [1.807, 2.05) is 28.8 Å². The minimum atomic E-state index is -0.0720. The van der Waals surface area contributed by atoms with Crippen LogP contribution in [0.4, 0.5) is 5.69 Å². The van der Waals surface area contributed by atoms with E-state index in [9.17, 15) is 4.79 Å². The molecule has 5 nitrogen and oxygen atoms in total. The van der Waals surface area contributed by atoms with Crippen LogP contribution in [0.2, 0.25) is 10.0 Å². The van der Waals surface area contributed by atoms with Crippen LogP contribution in [0.25, 0.3) is 5.65 Å². The Morgan fingerprint density at radius 2 is 2.00 bits per heavy atom. The second kappa shape index (κ2) is 6.98. The van der Waals surface area contributed by atoms with Gasteiger partial charge in [-0.3, -0.25) is 9.20 Å². The number of aryl methyl sites for hydroxylation is 1. The van der Waals surface area contributed by atoms with Crippen molar-refractivity contribution in [3.05, 3.63) is 58.5 Å². The first-order valence-electron chi connectivity index (χ1n) is 7.17. The van der Waals surface area contributed by atoms with Gasteiger partial charge in [-0.05, 0) is 36.8 Å². The van der Waals surface area contributed by atoms with Crippen LogP contribution in [0.5, 0.6) is 0 Å². The van der Waals surface area contributed by atoms with Crippen molar-refractivity contribution in [1.29, 1.82) is 0 Å². The van der Waals surface area contributed by atoms with Gasteiger partial charge in [0.25, 0.3) is 0 Å². The highest BCUT2D eigenvalue weighted by Crippen LogP contribution is 2.25. The molecule has 7 heteroatoms. The van der Waals surface area contributed by atoms with Gasteiger partial charge >= 0.3 is 0 Å². The van der Waals surface area contributed by atoms with Gasteiger partial charge in [0.2, 0.25) is 5.91 Å². The predicted octanol–water partition coefficient (Wildman–Crippen LogP) is 4.00. The Bertz CT molecular complexity index is 847. The Hall–Kier alpha value is -2.11. The van der Waals surface area contributed by atoms with Crippen molar-refractivity contribution in [2.45, 2.75) is 19.3 Å². The Balaban J connectivity index is 1.54. The van der Waals surface area contributed by atoms with Gasteiger partial charge in [-0.25, -0.2) is 0 Å². The van der Waals surface area contributed by atoms with E-state index in [1.165, 1.54) is 0 Å². The third-order valence-corrected chi connectivity index (χ3v) is 4.13. The van der Waals surface area contributed by atoms with Crippen LogP contribution in [-0.4, -0.2) is 20.5 Å². The summed E-state index contributed by atoms with van der Waals surface area (Å²) < 4.78 is 1.93. The smallest absolute Gasteiger partial charge is 0.224 e. The summed E-state index contributed by atoms with van der Waals surface area (Å²) in [5.74, 6) is 0.778. The van der Waals surface area contributed by atoms with Gasteiger partial charge in [0.15, 0.2) is 5.65 Å². The van der Waals surface area contributed by atoms with Crippen molar-refractivity contribution in [3.63, 3.8) is 0 Å². The second-order valence-corrected chi connectivity index (χ2v) is 5.89. The largest absolute Gasteiger partial charge is 0.326 e. The zero-order valence-electron chi connectivity index (χ0n) is 12.2. The Kier molecular flexibility index (Phi) is 4.79. The maximum atomic E-state index is 12.0. The minimum Gasteiger partial charge on any atom is -0.326 e. The molecule has 1 N–H and O–H groups in total. The number of hydrogen-bond donors (Lipinski definition) is 1. The zero-order valence-corrected chi connectivity index (χ0v) is 13.7. The second-order valence-electron chi connectivity index (χ2n) is 5.08. The summed E-state index contributed by atoms with van der Waals surface area (Å²) >= 11 is 11.8. The standard InChI is InChI=1S/C16H14Cl2N4O/c17-12-8-7-11(10-13(12)18)19-16(23)6-3-5-15-21-20-14-4-1-2-9-22(14)15/h1-2,4,7-10H,3,5-6H2,(H,19,23). The Labute approximate surface area is 143 Å². The lowest BCUT2D eigenvalue weighted by molar-refractivity contribution is -0.116. The first-order valence-corrected chi connectivity index (χ1v) is 7.92. The van der Waals surface area contributed by atoms with E-state index in [-0.39, 0.29) is 5.91 Å². The number of carbonyl (C=O) groups excluding carboxylic acids is 1. The fraction of sp³-hybridized carbons (Fsp3) is 0.188. The van der Waals surface area contributed by atoms with Crippen LogP contribution in [0.15, 0.2) is 42.6 Å². The third kappa shape index (κ3) is 3.81. The molecule has 0 fully saturated rings. The summed E-state index contributed by atoms with van der Waals surface area (Å²) in [7, 11) is 0. The molecular weight excluding hydrogens is 335 g/mol. The monoisotopic (exact) mass is 348 g/mol. The summed E-state index contributed by atoms with van der Waals surface area (Å²) in [5, 5.41) is 11.9. The van der Waals surface area contributed by atoms with Gasteiger partial charge in [0, 0.05) is 24.7 Å². The van der Waals surface area contributed by atoms with Gasteiger partial charge < -0.3 is 5.32 Å². The van der Waals surface area contributed by atoms with E-state index in [1.54, 1.807) is 18.2 Å². The number of benzene rings is 1. The topological polar surface area (TPSA) is 59.3 Å². The van der Waals surface area contributed by atoms with Gasteiger partial charge in [0.1, 0.15) is 5.82 Å². The zero-order chi connectivity index (χ0) is 16.2. The molecule has 118 valence electrons. The molecule has 0 aliphatic rings. The van der Waals surface area contributed by atoms with Crippen molar-refractivity contribution < 1.29 is 4.79 Å². The van der Waals surface area contributed by atoms with Crippen LogP contribution in [0.1, 0.15) is 18.7 Å². The number of aromatic nitrogens is 3. The fourth-order valence-corrected chi connectivity index (χ4v) is 2.56. The SMILES string of the molecule is O=C(CCCc1nnc2ccccn12)Nc1ccc(Cl)c(Cl)c1. The van der Waals surface area contributed by atoms with Crippen molar-refractivity contribution >= 4 is 40.4 Å². The number of rotatable bonds is 5. The van der Waals surface area contributed by atoms with E-state index >= 15 is 0 Å². The van der Waals surface area contributed by atoms with Gasteiger partial charge in [-0.15, -0.1) is 10.2 Å². The number of nitrogens with zero attached hydrogens (tertiary/aromatic N) is 3. The Morgan fingerprint density at radius 1 is 1.13 bits per heavy atom. The summed E-state index contributed by atoms with van der Waals surface area (Å²) in [5.41, 5.74) is 1.44. The van der Waals surface area contributed by atoms with Crippen LogP contribution < -0.4 is 5.32 Å². The normalized spacial score (nSPS) is 10.9. The van der Waals surface area contributed by atoms with Crippen molar-refractivity contribution in [1.82, 2.24) is 14.6 Å². The molecule has 0 bridgehead atoms. The van der Waals surface area contributed by atoms with Crippen LogP contribution in [0.3, 0.4) is 0 Å². The molecule has 0 saturated heterocycles.